The lowest BCUT2D eigenvalue weighted by Gasteiger charge is -2.55. The van der Waals surface area contributed by atoms with Gasteiger partial charge in [0.15, 0.2) is 0 Å². The number of para-hydroxylation sites is 1. The molecule has 3 aliphatic rings. The van der Waals surface area contributed by atoms with Gasteiger partial charge in [-0.2, -0.15) is 0 Å². The van der Waals surface area contributed by atoms with Gasteiger partial charge in [-0.05, 0) is 62.9 Å². The minimum atomic E-state index is -0.168. The van der Waals surface area contributed by atoms with E-state index in [9.17, 15) is 9.59 Å². The van der Waals surface area contributed by atoms with Crippen molar-refractivity contribution in [3.8, 4) is 0 Å². The van der Waals surface area contributed by atoms with Gasteiger partial charge in [-0.15, -0.1) is 24.8 Å². The lowest BCUT2D eigenvalue weighted by atomic mass is 9.73. The minimum absolute atomic E-state index is 0. The Morgan fingerprint density at radius 1 is 1.16 bits per heavy atom. The summed E-state index contributed by atoms with van der Waals surface area (Å²) in [5.41, 5.74) is 0.491. The van der Waals surface area contributed by atoms with Crippen molar-refractivity contribution in [2.75, 3.05) is 26.2 Å². The van der Waals surface area contributed by atoms with Gasteiger partial charge in [0.05, 0.1) is 17.2 Å². The molecule has 4 heterocycles. The molecule has 5 rings (SSSR count). The van der Waals surface area contributed by atoms with Crippen LogP contribution in [0.15, 0.2) is 35.4 Å². The van der Waals surface area contributed by atoms with Gasteiger partial charge in [0, 0.05) is 18.6 Å². The van der Waals surface area contributed by atoms with Crippen LogP contribution in [-0.4, -0.2) is 58.6 Å². The van der Waals surface area contributed by atoms with E-state index < -0.39 is 0 Å². The largest absolute Gasteiger partial charge is 0.353 e. The summed E-state index contributed by atoms with van der Waals surface area (Å²) in [6.07, 6.45) is 6.59. The molecular formula is C22H31Cl2N5O2. The van der Waals surface area contributed by atoms with Gasteiger partial charge in [0.25, 0.3) is 5.56 Å². The monoisotopic (exact) mass is 467 g/mol. The highest BCUT2D eigenvalue weighted by Crippen LogP contribution is 2.38. The second kappa shape index (κ2) is 10.3. The topological polar surface area (TPSA) is 79.3 Å². The lowest BCUT2D eigenvalue weighted by Crippen LogP contribution is -2.65. The van der Waals surface area contributed by atoms with E-state index in [1.165, 1.54) is 36.6 Å². The zero-order valence-electron chi connectivity index (χ0n) is 17.5. The third-order valence-corrected chi connectivity index (χ3v) is 7.08. The van der Waals surface area contributed by atoms with Crippen molar-refractivity contribution in [3.05, 3.63) is 40.9 Å². The van der Waals surface area contributed by atoms with Crippen molar-refractivity contribution in [1.82, 2.24) is 25.1 Å². The summed E-state index contributed by atoms with van der Waals surface area (Å²) in [6.45, 7) is 3.98. The molecule has 0 aliphatic carbocycles. The molecule has 2 N–H and O–H groups in total. The standard InChI is InChI=1S/C22H29N5O2.2ClH/c28-21(13-26-14-25-18-6-2-1-5-17(18)22(26)29)24-12-20-16-9-15(10-23-11-16)19-7-3-4-8-27(19)20;;/h1-2,5-6,14-16,19-20,23H,3-4,7-13H2,(H,24,28);2*1H/t15-,16+,19+,20+;;/m1../s1. The Balaban J connectivity index is 0.00000136. The van der Waals surface area contributed by atoms with Gasteiger partial charge in [0.2, 0.25) is 5.91 Å². The summed E-state index contributed by atoms with van der Waals surface area (Å²) in [7, 11) is 0. The molecule has 1 aromatic carbocycles. The Bertz CT molecular complexity index is 968. The van der Waals surface area contributed by atoms with Gasteiger partial charge in [-0.3, -0.25) is 19.1 Å². The quantitative estimate of drug-likeness (QED) is 0.716. The molecule has 1 aromatic heterocycles. The smallest absolute Gasteiger partial charge is 0.261 e. The first-order valence-electron chi connectivity index (χ1n) is 10.9. The number of carbonyl (C=O) groups is 1. The molecule has 0 saturated carbocycles. The van der Waals surface area contributed by atoms with E-state index in [0.29, 0.717) is 35.4 Å². The zero-order valence-corrected chi connectivity index (χ0v) is 19.2. The second-order valence-electron chi connectivity index (χ2n) is 8.78. The second-order valence-corrected chi connectivity index (χ2v) is 8.78. The molecule has 0 radical (unpaired) electrons. The number of nitrogens with one attached hydrogen (secondary N) is 2. The maximum absolute atomic E-state index is 12.6. The van der Waals surface area contributed by atoms with Crippen molar-refractivity contribution >= 4 is 41.6 Å². The first-order chi connectivity index (χ1) is 14.2. The predicted molar refractivity (Wildman–Crippen MR) is 126 cm³/mol. The van der Waals surface area contributed by atoms with Crippen LogP contribution in [0.3, 0.4) is 0 Å². The maximum atomic E-state index is 12.6. The molecule has 31 heavy (non-hydrogen) atoms. The van der Waals surface area contributed by atoms with Crippen molar-refractivity contribution in [1.29, 1.82) is 0 Å². The van der Waals surface area contributed by atoms with Crippen LogP contribution in [0, 0.1) is 11.8 Å². The Hall–Kier alpha value is -1.67. The highest BCUT2D eigenvalue weighted by atomic mass is 35.5. The Morgan fingerprint density at radius 2 is 1.97 bits per heavy atom. The van der Waals surface area contributed by atoms with E-state index >= 15 is 0 Å². The molecule has 170 valence electrons. The van der Waals surface area contributed by atoms with Gasteiger partial charge < -0.3 is 10.6 Å². The molecule has 7 nitrogen and oxygen atoms in total. The molecule has 3 saturated heterocycles. The zero-order chi connectivity index (χ0) is 19.8. The first kappa shape index (κ1) is 24.0. The van der Waals surface area contributed by atoms with Crippen LogP contribution in [-0.2, 0) is 11.3 Å². The van der Waals surface area contributed by atoms with Crippen molar-refractivity contribution in [2.24, 2.45) is 11.8 Å². The fourth-order valence-electron chi connectivity index (χ4n) is 5.70. The normalized spacial score (nSPS) is 27.5. The van der Waals surface area contributed by atoms with E-state index in [4.69, 9.17) is 0 Å². The van der Waals surface area contributed by atoms with E-state index in [-0.39, 0.29) is 42.8 Å². The third-order valence-electron chi connectivity index (χ3n) is 7.08. The Kier molecular flexibility index (Phi) is 7.97. The third kappa shape index (κ3) is 4.75. The number of aromatic nitrogens is 2. The van der Waals surface area contributed by atoms with Gasteiger partial charge in [-0.25, -0.2) is 4.98 Å². The van der Waals surface area contributed by atoms with Crippen LogP contribution >= 0.6 is 24.8 Å². The minimum Gasteiger partial charge on any atom is -0.353 e. The van der Waals surface area contributed by atoms with Crippen LogP contribution in [0.4, 0.5) is 0 Å². The van der Waals surface area contributed by atoms with Crippen molar-refractivity contribution in [2.45, 2.75) is 44.3 Å². The molecule has 0 spiro atoms. The first-order valence-corrected chi connectivity index (χ1v) is 10.9. The average molecular weight is 468 g/mol. The molecule has 2 aromatic rings. The molecule has 4 atom stereocenters. The van der Waals surface area contributed by atoms with Gasteiger partial charge in [-0.1, -0.05) is 18.6 Å². The van der Waals surface area contributed by atoms with Crippen molar-refractivity contribution < 1.29 is 4.79 Å². The summed E-state index contributed by atoms with van der Waals surface area (Å²) >= 11 is 0. The molecule has 0 unspecified atom stereocenters. The van der Waals surface area contributed by atoms with Gasteiger partial charge >= 0.3 is 0 Å². The van der Waals surface area contributed by atoms with Crippen LogP contribution < -0.4 is 16.2 Å². The number of hydrogen-bond acceptors (Lipinski definition) is 5. The number of carbonyl (C=O) groups excluding carboxylic acids is 1. The van der Waals surface area contributed by atoms with E-state index in [1.807, 2.05) is 18.2 Å². The highest BCUT2D eigenvalue weighted by molar-refractivity contribution is 5.85. The number of fused-ring (bicyclic) bond motifs is 5. The fourth-order valence-corrected chi connectivity index (χ4v) is 5.70. The van der Waals surface area contributed by atoms with Crippen LogP contribution in [0.1, 0.15) is 25.7 Å². The van der Waals surface area contributed by atoms with Crippen molar-refractivity contribution in [3.63, 3.8) is 0 Å². The fraction of sp³-hybridized carbons (Fsp3) is 0.591. The summed E-state index contributed by atoms with van der Waals surface area (Å²) in [4.78, 5) is 32.3. The Labute approximate surface area is 194 Å². The SMILES string of the molecule is Cl.Cl.O=C(Cn1cnc2ccccc2c1=O)NC[C@H]1[C@@H]2CNC[C@@H](C2)[C@@H]2CCCCN21. The molecule has 3 fully saturated rings. The summed E-state index contributed by atoms with van der Waals surface area (Å²) < 4.78 is 1.40. The molecule has 2 bridgehead atoms. The number of amides is 1. The number of hydrogen-bond donors (Lipinski definition) is 2. The highest BCUT2D eigenvalue weighted by Gasteiger charge is 2.45. The number of piperidine rings is 3. The number of benzene rings is 1. The van der Waals surface area contributed by atoms with E-state index in [2.05, 4.69) is 20.5 Å². The van der Waals surface area contributed by atoms with Crippen LogP contribution in [0.25, 0.3) is 10.9 Å². The molecular weight excluding hydrogens is 437 g/mol. The Morgan fingerprint density at radius 3 is 2.84 bits per heavy atom. The number of rotatable bonds is 4. The predicted octanol–water partition coefficient (Wildman–Crippen LogP) is 1.82. The average Bonchev–Trinajstić information content (AvgIpc) is 2.76. The van der Waals surface area contributed by atoms with Crippen LogP contribution in [0.5, 0.6) is 0 Å². The molecule has 1 amide bonds. The number of nitrogens with zero attached hydrogens (tertiary/aromatic N) is 3. The van der Waals surface area contributed by atoms with Gasteiger partial charge in [0.1, 0.15) is 6.54 Å². The molecule has 3 aliphatic heterocycles. The lowest BCUT2D eigenvalue weighted by molar-refractivity contribution is -0.122. The summed E-state index contributed by atoms with van der Waals surface area (Å²) in [5, 5.41) is 7.27. The maximum Gasteiger partial charge on any atom is 0.261 e. The summed E-state index contributed by atoms with van der Waals surface area (Å²) in [6, 6.07) is 8.28. The van der Waals surface area contributed by atoms with E-state index in [1.54, 1.807) is 6.07 Å². The number of halogens is 2. The molecule has 9 heteroatoms. The van der Waals surface area contributed by atoms with Crippen LogP contribution in [0.2, 0.25) is 0 Å². The summed E-state index contributed by atoms with van der Waals surface area (Å²) in [5.74, 6) is 1.22. The van der Waals surface area contributed by atoms with E-state index in [0.717, 1.165) is 25.6 Å².